The number of rotatable bonds is 5. The van der Waals surface area contributed by atoms with E-state index < -0.39 is 17.2 Å². The number of benzene rings is 1. The molecule has 29 heavy (non-hydrogen) atoms. The molecule has 9 nitrogen and oxygen atoms in total. The van der Waals surface area contributed by atoms with Crippen LogP contribution >= 0.6 is 0 Å². The molecule has 1 saturated heterocycles. The molecular formula is C20H23N5O4. The SMILES string of the molecule is Cc1cc2nc3c(=O)[nH]c(=O)nc-3n(CCN3CCC[C@@H]3CC(=O)O)c2cc1C. The molecule has 9 heteroatoms. The van der Waals surface area contributed by atoms with Crippen LogP contribution in [0.15, 0.2) is 21.7 Å². The number of nitrogens with one attached hydrogen (secondary N) is 1. The van der Waals surface area contributed by atoms with Crippen LogP contribution in [0.5, 0.6) is 0 Å². The summed E-state index contributed by atoms with van der Waals surface area (Å²) in [4.78, 5) is 48.2. The molecule has 152 valence electrons. The molecule has 0 radical (unpaired) electrons. The molecule has 0 bridgehead atoms. The van der Waals surface area contributed by atoms with Gasteiger partial charge in [0.1, 0.15) is 0 Å². The zero-order valence-corrected chi connectivity index (χ0v) is 16.4. The zero-order chi connectivity index (χ0) is 20.7. The van der Waals surface area contributed by atoms with Crippen molar-refractivity contribution < 1.29 is 9.90 Å². The van der Waals surface area contributed by atoms with Crippen molar-refractivity contribution in [1.29, 1.82) is 0 Å². The summed E-state index contributed by atoms with van der Waals surface area (Å²) in [5, 5.41) is 9.15. The van der Waals surface area contributed by atoms with E-state index in [1.807, 2.05) is 30.5 Å². The van der Waals surface area contributed by atoms with E-state index in [1.165, 1.54) is 0 Å². The molecule has 0 unspecified atom stereocenters. The molecule has 0 saturated carbocycles. The molecular weight excluding hydrogens is 374 g/mol. The van der Waals surface area contributed by atoms with Crippen molar-refractivity contribution in [3.05, 3.63) is 44.1 Å². The van der Waals surface area contributed by atoms with Crippen molar-refractivity contribution in [2.24, 2.45) is 0 Å². The molecule has 3 aliphatic rings. The van der Waals surface area contributed by atoms with E-state index in [1.54, 1.807) is 0 Å². The molecule has 3 heterocycles. The molecule has 1 aromatic rings. The van der Waals surface area contributed by atoms with Gasteiger partial charge in [-0.05, 0) is 56.5 Å². The van der Waals surface area contributed by atoms with Gasteiger partial charge in [0.25, 0.3) is 5.56 Å². The Hall–Kier alpha value is -3.07. The lowest BCUT2D eigenvalue weighted by molar-refractivity contribution is -0.138. The van der Waals surface area contributed by atoms with Crippen LogP contribution in [0.4, 0.5) is 0 Å². The number of nitrogens with zero attached hydrogens (tertiary/aromatic N) is 4. The Bertz CT molecular complexity index is 1180. The van der Waals surface area contributed by atoms with Gasteiger partial charge in [-0.15, -0.1) is 0 Å². The molecule has 0 spiro atoms. The fourth-order valence-electron chi connectivity index (χ4n) is 4.13. The third kappa shape index (κ3) is 3.65. The first-order valence-corrected chi connectivity index (χ1v) is 9.71. The summed E-state index contributed by atoms with van der Waals surface area (Å²) in [6.45, 7) is 5.89. The number of H-pyrrole nitrogens is 1. The molecule has 1 aromatic carbocycles. The number of aromatic nitrogens is 4. The van der Waals surface area contributed by atoms with Gasteiger partial charge >= 0.3 is 11.7 Å². The highest BCUT2D eigenvalue weighted by molar-refractivity contribution is 5.81. The van der Waals surface area contributed by atoms with Gasteiger partial charge in [-0.1, -0.05) is 0 Å². The first kappa shape index (κ1) is 19.3. The Labute approximate surface area is 166 Å². The van der Waals surface area contributed by atoms with Gasteiger partial charge in [0, 0.05) is 19.1 Å². The maximum atomic E-state index is 12.3. The minimum absolute atomic E-state index is 0.00266. The second kappa shape index (κ2) is 7.40. The Morgan fingerprint density at radius 3 is 2.72 bits per heavy atom. The highest BCUT2D eigenvalue weighted by Crippen LogP contribution is 2.25. The summed E-state index contributed by atoms with van der Waals surface area (Å²) in [7, 11) is 0. The third-order valence-corrected chi connectivity index (χ3v) is 5.74. The number of likely N-dealkylation sites (tertiary alicyclic amines) is 1. The average molecular weight is 397 g/mol. The molecule has 3 aliphatic heterocycles. The van der Waals surface area contributed by atoms with E-state index >= 15 is 0 Å². The van der Waals surface area contributed by atoms with Crippen LogP contribution in [0.3, 0.4) is 0 Å². The Morgan fingerprint density at radius 1 is 1.21 bits per heavy atom. The second-order valence-electron chi connectivity index (χ2n) is 7.66. The highest BCUT2D eigenvalue weighted by Gasteiger charge is 2.27. The summed E-state index contributed by atoms with van der Waals surface area (Å²) < 4.78 is 1.86. The van der Waals surface area contributed by atoms with Gasteiger partial charge in [0.2, 0.25) is 0 Å². The minimum atomic E-state index is -0.801. The van der Waals surface area contributed by atoms with Gasteiger partial charge in [0.05, 0.1) is 17.5 Å². The summed E-state index contributed by atoms with van der Waals surface area (Å²) in [5.41, 5.74) is 2.46. The van der Waals surface area contributed by atoms with Crippen molar-refractivity contribution in [3.8, 4) is 11.5 Å². The predicted molar refractivity (Wildman–Crippen MR) is 107 cm³/mol. The van der Waals surface area contributed by atoms with E-state index in [9.17, 15) is 14.4 Å². The Morgan fingerprint density at radius 2 is 1.97 bits per heavy atom. The van der Waals surface area contributed by atoms with Gasteiger partial charge in [-0.3, -0.25) is 19.5 Å². The van der Waals surface area contributed by atoms with Crippen LogP contribution in [0.25, 0.3) is 22.6 Å². The van der Waals surface area contributed by atoms with Crippen LogP contribution in [-0.2, 0) is 11.3 Å². The fourth-order valence-corrected chi connectivity index (χ4v) is 4.13. The van der Waals surface area contributed by atoms with Gasteiger partial charge in [0.15, 0.2) is 11.5 Å². The van der Waals surface area contributed by atoms with Crippen molar-refractivity contribution in [2.75, 3.05) is 13.1 Å². The number of carboxylic acids is 1. The Balaban J connectivity index is 1.80. The quantitative estimate of drug-likeness (QED) is 0.619. The van der Waals surface area contributed by atoms with Crippen molar-refractivity contribution in [2.45, 2.75) is 45.7 Å². The smallest absolute Gasteiger partial charge is 0.349 e. The summed E-state index contributed by atoms with van der Waals surface area (Å²) in [6.07, 6.45) is 1.93. The Kier molecular flexibility index (Phi) is 4.91. The molecule has 0 aromatic heterocycles. The van der Waals surface area contributed by atoms with E-state index in [4.69, 9.17) is 5.11 Å². The maximum absolute atomic E-state index is 12.3. The number of hydrogen-bond acceptors (Lipinski definition) is 6. The van der Waals surface area contributed by atoms with E-state index in [2.05, 4.69) is 19.9 Å². The van der Waals surface area contributed by atoms with Crippen LogP contribution in [-0.4, -0.2) is 54.6 Å². The van der Waals surface area contributed by atoms with E-state index in [-0.39, 0.29) is 24.0 Å². The first-order valence-electron chi connectivity index (χ1n) is 9.71. The van der Waals surface area contributed by atoms with E-state index in [0.717, 1.165) is 36.0 Å². The van der Waals surface area contributed by atoms with Crippen molar-refractivity contribution in [3.63, 3.8) is 0 Å². The van der Waals surface area contributed by atoms with Crippen LogP contribution in [0.2, 0.25) is 0 Å². The summed E-state index contributed by atoms with van der Waals surface area (Å²) >= 11 is 0. The lowest BCUT2D eigenvalue weighted by atomic mass is 10.1. The number of aryl methyl sites for hydroxylation is 2. The minimum Gasteiger partial charge on any atom is -0.481 e. The van der Waals surface area contributed by atoms with Gasteiger partial charge < -0.3 is 9.67 Å². The van der Waals surface area contributed by atoms with Gasteiger partial charge in [-0.2, -0.15) is 4.98 Å². The van der Waals surface area contributed by atoms with Crippen molar-refractivity contribution in [1.82, 2.24) is 24.4 Å². The number of hydrogen-bond donors (Lipinski definition) is 2. The summed E-state index contributed by atoms with van der Waals surface area (Å²) in [6, 6.07) is 3.92. The molecule has 1 fully saturated rings. The molecule has 4 rings (SSSR count). The van der Waals surface area contributed by atoms with Crippen molar-refractivity contribution >= 4 is 17.0 Å². The largest absolute Gasteiger partial charge is 0.481 e. The van der Waals surface area contributed by atoms with Gasteiger partial charge in [-0.25, -0.2) is 9.78 Å². The predicted octanol–water partition coefficient (Wildman–Crippen LogP) is 1.14. The number of carbonyl (C=O) groups is 1. The topological polar surface area (TPSA) is 121 Å². The third-order valence-electron chi connectivity index (χ3n) is 5.74. The first-order chi connectivity index (χ1) is 13.8. The normalized spacial score (nSPS) is 17.4. The number of aliphatic carboxylic acids is 1. The monoisotopic (exact) mass is 397 g/mol. The maximum Gasteiger partial charge on any atom is 0.349 e. The number of carboxylic acid groups (broad SMARTS) is 1. The lowest BCUT2D eigenvalue weighted by Crippen LogP contribution is -2.35. The highest BCUT2D eigenvalue weighted by atomic mass is 16.4. The lowest BCUT2D eigenvalue weighted by Gasteiger charge is -2.25. The summed E-state index contributed by atoms with van der Waals surface area (Å²) in [5.74, 6) is -0.548. The molecule has 0 aliphatic carbocycles. The standard InChI is InChI=1S/C20H23N5O4/c1-11-8-14-15(9-12(11)2)25(18-17(21-14)19(28)23-20(29)22-18)7-6-24-5-3-4-13(24)10-16(26)27/h8-9,13H,3-7,10H2,1-2H3,(H,26,27)(H,23,28,29)/t13-/m1/s1. The number of fused-ring (bicyclic) bond motifs is 2. The van der Waals surface area contributed by atoms with Crippen LogP contribution < -0.4 is 11.2 Å². The molecule has 1 atom stereocenters. The average Bonchev–Trinajstić information content (AvgIpc) is 3.07. The molecule has 2 N–H and O–H groups in total. The van der Waals surface area contributed by atoms with Crippen LogP contribution in [0, 0.1) is 13.8 Å². The zero-order valence-electron chi connectivity index (χ0n) is 16.4. The second-order valence-corrected chi connectivity index (χ2v) is 7.66. The van der Waals surface area contributed by atoms with E-state index in [0.29, 0.717) is 18.6 Å². The fraction of sp³-hybridized carbons (Fsp3) is 0.450. The number of aromatic amines is 1. The van der Waals surface area contributed by atoms with Crippen LogP contribution in [0.1, 0.15) is 30.4 Å². The molecule has 0 amide bonds.